The normalized spacial score (nSPS) is 30.0. The molecule has 162 valence electrons. The number of carbonyl (C=O) groups is 2. The largest absolute Gasteiger partial charge is 0.450 e. The summed E-state index contributed by atoms with van der Waals surface area (Å²) in [5.74, 6) is -0.147. The molecule has 31 heavy (non-hydrogen) atoms. The molecule has 5 nitrogen and oxygen atoms in total. The smallest absolute Gasteiger partial charge is 0.339 e. The van der Waals surface area contributed by atoms with Gasteiger partial charge in [-0.15, -0.1) is 0 Å². The van der Waals surface area contributed by atoms with E-state index in [2.05, 4.69) is 10.3 Å². The van der Waals surface area contributed by atoms with Crippen molar-refractivity contribution in [2.45, 2.75) is 68.9 Å². The van der Waals surface area contributed by atoms with E-state index >= 15 is 0 Å². The van der Waals surface area contributed by atoms with E-state index < -0.39 is 5.60 Å². The fourth-order valence-corrected chi connectivity index (χ4v) is 5.61. The quantitative estimate of drug-likeness (QED) is 0.733. The molecule has 3 aliphatic rings. The Morgan fingerprint density at radius 2 is 1.81 bits per heavy atom. The van der Waals surface area contributed by atoms with E-state index in [0.717, 1.165) is 36.8 Å². The van der Waals surface area contributed by atoms with Crippen molar-refractivity contribution in [3.8, 4) is 0 Å². The van der Waals surface area contributed by atoms with E-state index in [-0.39, 0.29) is 35.6 Å². The van der Waals surface area contributed by atoms with Gasteiger partial charge in [-0.3, -0.25) is 9.78 Å². The van der Waals surface area contributed by atoms with Gasteiger partial charge in [0.05, 0.1) is 5.56 Å². The Morgan fingerprint density at radius 1 is 1.06 bits per heavy atom. The predicted octanol–water partition coefficient (Wildman–Crippen LogP) is 4.62. The van der Waals surface area contributed by atoms with Gasteiger partial charge in [0.2, 0.25) is 5.91 Å². The number of nitrogens with zero attached hydrogens (tertiary/aromatic N) is 1. The molecule has 2 fully saturated rings. The van der Waals surface area contributed by atoms with Gasteiger partial charge in [0.25, 0.3) is 0 Å². The van der Waals surface area contributed by atoms with Gasteiger partial charge in [-0.1, -0.05) is 18.2 Å². The Bertz CT molecular complexity index is 992. The van der Waals surface area contributed by atoms with E-state index in [9.17, 15) is 14.0 Å². The first-order valence-corrected chi connectivity index (χ1v) is 11.3. The van der Waals surface area contributed by atoms with Crippen LogP contribution in [-0.2, 0) is 15.1 Å². The highest BCUT2D eigenvalue weighted by molar-refractivity contribution is 5.94. The van der Waals surface area contributed by atoms with E-state index in [0.29, 0.717) is 31.2 Å². The van der Waals surface area contributed by atoms with Gasteiger partial charge in [-0.25, -0.2) is 9.18 Å². The summed E-state index contributed by atoms with van der Waals surface area (Å²) in [6, 6.07) is 8.87. The zero-order valence-corrected chi connectivity index (χ0v) is 17.5. The van der Waals surface area contributed by atoms with Crippen molar-refractivity contribution in [1.29, 1.82) is 0 Å². The SMILES string of the molecule is O=C1OC2(CCC(C(=O)NC3CCC(c4ccccc4F)CC3)CC2)c2cnccc21. The van der Waals surface area contributed by atoms with E-state index in [1.165, 1.54) is 6.07 Å². The summed E-state index contributed by atoms with van der Waals surface area (Å²) >= 11 is 0. The second kappa shape index (κ2) is 8.06. The van der Waals surface area contributed by atoms with Crippen molar-refractivity contribution in [3.05, 3.63) is 65.2 Å². The van der Waals surface area contributed by atoms with Crippen LogP contribution in [0.3, 0.4) is 0 Å². The molecule has 1 aromatic heterocycles. The number of nitrogens with one attached hydrogen (secondary N) is 1. The third-order valence-electron chi connectivity index (χ3n) is 7.40. The number of benzene rings is 1. The Balaban J connectivity index is 1.15. The average Bonchev–Trinajstić information content (AvgIpc) is 3.07. The molecule has 2 heterocycles. The van der Waals surface area contributed by atoms with Crippen LogP contribution in [0.2, 0.25) is 0 Å². The molecule has 1 N–H and O–H groups in total. The van der Waals surface area contributed by atoms with Crippen molar-refractivity contribution in [2.24, 2.45) is 5.92 Å². The van der Waals surface area contributed by atoms with E-state index in [1.807, 2.05) is 12.1 Å². The summed E-state index contributed by atoms with van der Waals surface area (Å²) in [5.41, 5.74) is 1.65. The molecule has 6 heteroatoms. The Hall–Kier alpha value is -2.76. The molecule has 5 rings (SSSR count). The molecule has 2 saturated carbocycles. The van der Waals surface area contributed by atoms with Gasteiger partial charge < -0.3 is 10.1 Å². The summed E-state index contributed by atoms with van der Waals surface area (Å²) in [4.78, 5) is 29.3. The van der Waals surface area contributed by atoms with Gasteiger partial charge in [-0.05, 0) is 75.0 Å². The lowest BCUT2D eigenvalue weighted by molar-refractivity contribution is -0.129. The van der Waals surface area contributed by atoms with Crippen LogP contribution in [0.5, 0.6) is 0 Å². The monoisotopic (exact) mass is 422 g/mol. The fraction of sp³-hybridized carbons (Fsp3) is 0.480. The molecule has 0 radical (unpaired) electrons. The maximum absolute atomic E-state index is 14.1. The molecule has 2 aromatic rings. The minimum Gasteiger partial charge on any atom is -0.450 e. The summed E-state index contributed by atoms with van der Waals surface area (Å²) in [6.45, 7) is 0. The van der Waals surface area contributed by atoms with Crippen molar-refractivity contribution >= 4 is 11.9 Å². The zero-order chi connectivity index (χ0) is 21.4. The molecule has 1 aromatic carbocycles. The topological polar surface area (TPSA) is 68.3 Å². The Kier molecular flexibility index (Phi) is 5.24. The molecule has 2 aliphatic carbocycles. The Morgan fingerprint density at radius 3 is 2.55 bits per heavy atom. The zero-order valence-electron chi connectivity index (χ0n) is 17.5. The number of rotatable bonds is 3. The summed E-state index contributed by atoms with van der Waals surface area (Å²) in [5, 5.41) is 3.23. The molecule has 0 atom stereocenters. The lowest BCUT2D eigenvalue weighted by atomic mass is 9.75. The highest BCUT2D eigenvalue weighted by Crippen LogP contribution is 2.47. The summed E-state index contributed by atoms with van der Waals surface area (Å²) in [7, 11) is 0. The van der Waals surface area contributed by atoms with Crippen LogP contribution in [0.4, 0.5) is 4.39 Å². The average molecular weight is 423 g/mol. The first kappa shape index (κ1) is 20.2. The van der Waals surface area contributed by atoms with Crippen LogP contribution in [0.1, 0.15) is 78.8 Å². The van der Waals surface area contributed by atoms with Crippen LogP contribution >= 0.6 is 0 Å². The van der Waals surface area contributed by atoms with Crippen molar-refractivity contribution < 1.29 is 18.7 Å². The Labute approximate surface area is 181 Å². The van der Waals surface area contributed by atoms with Crippen LogP contribution in [0, 0.1) is 11.7 Å². The van der Waals surface area contributed by atoms with Gasteiger partial charge in [0.15, 0.2) is 0 Å². The van der Waals surface area contributed by atoms with Gasteiger partial charge in [0.1, 0.15) is 11.4 Å². The fourth-order valence-electron chi connectivity index (χ4n) is 5.61. The van der Waals surface area contributed by atoms with Crippen molar-refractivity contribution in [3.63, 3.8) is 0 Å². The summed E-state index contributed by atoms with van der Waals surface area (Å²) < 4.78 is 19.8. The number of hydrogen-bond acceptors (Lipinski definition) is 4. The molecular weight excluding hydrogens is 395 g/mol. The molecule has 0 unspecified atom stereocenters. The number of ether oxygens (including phenoxy) is 1. The standard InChI is InChI=1S/C25H27FN2O3/c26-22-4-2-1-3-19(22)16-5-7-18(8-6-16)28-23(29)17-9-12-25(13-10-17)21-15-27-14-11-20(21)24(30)31-25/h1-4,11,14-18H,5-10,12-13H2,(H,28,29). The van der Waals surface area contributed by atoms with Gasteiger partial charge >= 0.3 is 5.97 Å². The third kappa shape index (κ3) is 3.73. The second-order valence-electron chi connectivity index (χ2n) is 9.16. The number of amides is 1. The highest BCUT2D eigenvalue weighted by atomic mass is 19.1. The number of hydrogen-bond donors (Lipinski definition) is 1. The van der Waals surface area contributed by atoms with Gasteiger partial charge in [0, 0.05) is 29.9 Å². The second-order valence-corrected chi connectivity index (χ2v) is 9.16. The van der Waals surface area contributed by atoms with Crippen LogP contribution in [0.15, 0.2) is 42.7 Å². The van der Waals surface area contributed by atoms with E-state index in [4.69, 9.17) is 4.74 Å². The van der Waals surface area contributed by atoms with E-state index in [1.54, 1.807) is 24.5 Å². The van der Waals surface area contributed by atoms with Crippen molar-refractivity contribution in [2.75, 3.05) is 0 Å². The van der Waals surface area contributed by atoms with Crippen molar-refractivity contribution in [1.82, 2.24) is 10.3 Å². The maximum atomic E-state index is 14.1. The lowest BCUT2D eigenvalue weighted by Crippen LogP contribution is -2.43. The minimum absolute atomic E-state index is 0.0608. The predicted molar refractivity (Wildman–Crippen MR) is 113 cm³/mol. The first-order chi connectivity index (χ1) is 15.1. The highest BCUT2D eigenvalue weighted by Gasteiger charge is 2.48. The number of fused-ring (bicyclic) bond motifs is 2. The molecule has 0 bridgehead atoms. The number of pyridine rings is 1. The molecule has 1 amide bonds. The number of aromatic nitrogens is 1. The lowest BCUT2D eigenvalue weighted by Gasteiger charge is -2.37. The number of esters is 1. The molecule has 0 saturated heterocycles. The number of carbonyl (C=O) groups excluding carboxylic acids is 2. The van der Waals surface area contributed by atoms with Crippen LogP contribution in [-0.4, -0.2) is 22.9 Å². The molecule has 1 aliphatic heterocycles. The molecule has 1 spiro atoms. The first-order valence-electron chi connectivity index (χ1n) is 11.3. The van der Waals surface area contributed by atoms with Crippen LogP contribution < -0.4 is 5.32 Å². The minimum atomic E-state index is -0.616. The molecular formula is C25H27FN2O3. The summed E-state index contributed by atoms with van der Waals surface area (Å²) in [6.07, 6.45) is 9.55. The van der Waals surface area contributed by atoms with Crippen LogP contribution in [0.25, 0.3) is 0 Å². The number of halogens is 1. The van der Waals surface area contributed by atoms with Gasteiger partial charge in [-0.2, -0.15) is 0 Å². The third-order valence-corrected chi connectivity index (χ3v) is 7.40. The maximum Gasteiger partial charge on any atom is 0.339 e.